The van der Waals surface area contributed by atoms with Crippen molar-refractivity contribution >= 4 is 23.8 Å². The zero-order valence-electron chi connectivity index (χ0n) is 24.1. The third-order valence-corrected chi connectivity index (χ3v) is 7.94. The lowest BCUT2D eigenvalue weighted by Crippen LogP contribution is -2.59. The van der Waals surface area contributed by atoms with Gasteiger partial charge in [-0.2, -0.15) is 5.26 Å². The fraction of sp³-hybridized carbons (Fsp3) is 0.621. The second-order valence-corrected chi connectivity index (χ2v) is 12.2. The summed E-state index contributed by atoms with van der Waals surface area (Å²) < 4.78 is 5.43. The summed E-state index contributed by atoms with van der Waals surface area (Å²) in [6.45, 7) is 10.3. The first kappa shape index (κ1) is 29.3. The number of hydrogen-bond donors (Lipinski definition) is 2. The Morgan fingerprint density at radius 1 is 1.20 bits per heavy atom. The van der Waals surface area contributed by atoms with Crippen LogP contribution in [0.15, 0.2) is 24.3 Å². The largest absolute Gasteiger partial charge is 0.444 e. The Labute approximate surface area is 235 Å². The number of hydrogen-bond acceptors (Lipinski definition) is 7. The Morgan fingerprint density at radius 2 is 1.93 bits per heavy atom. The highest BCUT2D eigenvalue weighted by atomic mass is 16.6. The molecule has 3 heterocycles. The van der Waals surface area contributed by atoms with Crippen LogP contribution < -0.4 is 10.6 Å². The van der Waals surface area contributed by atoms with Crippen LogP contribution in [0.2, 0.25) is 0 Å². The van der Waals surface area contributed by atoms with Crippen molar-refractivity contribution in [3.05, 3.63) is 35.4 Å². The average Bonchev–Trinajstić information content (AvgIpc) is 3.58. The number of piperazine rings is 1. The Kier molecular flexibility index (Phi) is 8.40. The molecule has 3 aliphatic rings. The number of rotatable bonds is 7. The Balaban J connectivity index is 1.49. The lowest BCUT2D eigenvalue weighted by atomic mass is 10.0. The van der Waals surface area contributed by atoms with Gasteiger partial charge in [-0.1, -0.05) is 19.1 Å². The second-order valence-electron chi connectivity index (χ2n) is 12.2. The second kappa shape index (κ2) is 11.5. The van der Waals surface area contributed by atoms with E-state index in [1.807, 2.05) is 41.8 Å². The summed E-state index contributed by atoms with van der Waals surface area (Å²) in [4.78, 5) is 57.4. The molecule has 4 rings (SSSR count). The van der Waals surface area contributed by atoms with E-state index in [2.05, 4.69) is 16.7 Å². The molecule has 1 aromatic rings. The molecule has 4 amide bonds. The van der Waals surface area contributed by atoms with Crippen molar-refractivity contribution in [2.45, 2.75) is 83.3 Å². The van der Waals surface area contributed by atoms with Gasteiger partial charge in [-0.3, -0.25) is 19.3 Å². The van der Waals surface area contributed by atoms with Crippen molar-refractivity contribution in [2.75, 3.05) is 26.7 Å². The average molecular weight is 553 g/mol. The molecule has 11 nitrogen and oxygen atoms in total. The number of nitrogens with zero attached hydrogens (tertiary/aromatic N) is 4. The van der Waals surface area contributed by atoms with Gasteiger partial charge < -0.3 is 25.2 Å². The van der Waals surface area contributed by atoms with E-state index in [0.717, 1.165) is 5.56 Å². The van der Waals surface area contributed by atoms with Crippen LogP contribution in [0.1, 0.15) is 69.4 Å². The normalized spacial score (nSPS) is 25.9. The molecule has 0 spiro atoms. The Morgan fingerprint density at radius 3 is 2.55 bits per heavy atom. The lowest BCUT2D eigenvalue weighted by Gasteiger charge is -2.39. The fourth-order valence-electron chi connectivity index (χ4n) is 6.13. The van der Waals surface area contributed by atoms with Crippen LogP contribution in [0.5, 0.6) is 0 Å². The molecule has 11 heteroatoms. The van der Waals surface area contributed by atoms with Gasteiger partial charge in [-0.25, -0.2) is 4.79 Å². The molecule has 3 saturated heterocycles. The quantitative estimate of drug-likeness (QED) is 0.529. The predicted octanol–water partition coefficient (Wildman–Crippen LogP) is 2.05. The van der Waals surface area contributed by atoms with Crippen LogP contribution in [0.3, 0.4) is 0 Å². The number of fused-ring (bicyclic) bond motifs is 2. The molecule has 40 heavy (non-hydrogen) atoms. The van der Waals surface area contributed by atoms with Crippen molar-refractivity contribution in [2.24, 2.45) is 5.92 Å². The summed E-state index contributed by atoms with van der Waals surface area (Å²) in [6.07, 6.45) is 0.490. The first-order valence-electron chi connectivity index (χ1n) is 13.9. The summed E-state index contributed by atoms with van der Waals surface area (Å²) >= 11 is 0. The van der Waals surface area contributed by atoms with E-state index in [4.69, 9.17) is 4.74 Å². The number of ether oxygens (including phenoxy) is 1. The highest BCUT2D eigenvalue weighted by Crippen LogP contribution is 2.38. The van der Waals surface area contributed by atoms with Gasteiger partial charge in [-0.05, 0) is 64.2 Å². The van der Waals surface area contributed by atoms with E-state index in [0.29, 0.717) is 31.5 Å². The minimum absolute atomic E-state index is 0.0396. The number of likely N-dealkylation sites (tertiary alicyclic amines) is 3. The van der Waals surface area contributed by atoms with Crippen LogP contribution in [0.4, 0.5) is 4.79 Å². The third-order valence-electron chi connectivity index (χ3n) is 7.94. The van der Waals surface area contributed by atoms with Crippen molar-refractivity contribution in [3.63, 3.8) is 0 Å². The van der Waals surface area contributed by atoms with E-state index in [1.54, 1.807) is 33.9 Å². The Bertz CT molecular complexity index is 1210. The van der Waals surface area contributed by atoms with Crippen molar-refractivity contribution in [3.8, 4) is 6.07 Å². The number of carbonyl (C=O) groups excluding carboxylic acids is 4. The molecule has 0 radical (unpaired) electrons. The van der Waals surface area contributed by atoms with Crippen LogP contribution in [0, 0.1) is 17.2 Å². The lowest BCUT2D eigenvalue weighted by molar-refractivity contribution is -0.141. The van der Waals surface area contributed by atoms with Gasteiger partial charge in [0.1, 0.15) is 17.7 Å². The minimum atomic E-state index is -0.960. The standard InChI is InChI=1S/C29H40N6O5/c1-17-10-21(13-30)34(14-17)26(37)23(32-28(39)40-29(3,4)5)16-33-15-22-12-24(33)27(38)35(22)18(2)19-8-7-9-20(11-19)25(36)31-6/h7-9,11,17-18,21-24H,10,12,14-16H2,1-6H3,(H,31,36)(H,32,39)/t17?,18-,21?,22-,23?,24?/m0/s1. The summed E-state index contributed by atoms with van der Waals surface area (Å²) in [5.74, 6) is -0.388. The van der Waals surface area contributed by atoms with Gasteiger partial charge in [0.25, 0.3) is 5.91 Å². The molecule has 4 unspecified atom stereocenters. The number of amides is 4. The minimum Gasteiger partial charge on any atom is -0.444 e. The number of benzene rings is 1. The molecular weight excluding hydrogens is 512 g/mol. The molecule has 216 valence electrons. The SMILES string of the molecule is CNC(=O)c1cccc([C@H](C)N2C(=O)C3C[C@H]2CN3CC(NC(=O)OC(C)(C)C)C(=O)N2CC(C)CC2C#N)c1. The zero-order valence-corrected chi connectivity index (χ0v) is 24.1. The van der Waals surface area contributed by atoms with E-state index >= 15 is 0 Å². The van der Waals surface area contributed by atoms with Gasteiger partial charge in [0.05, 0.1) is 18.2 Å². The smallest absolute Gasteiger partial charge is 0.408 e. The first-order valence-corrected chi connectivity index (χ1v) is 13.9. The molecule has 2 N–H and O–H groups in total. The van der Waals surface area contributed by atoms with E-state index in [-0.39, 0.29) is 42.3 Å². The fourth-order valence-corrected chi connectivity index (χ4v) is 6.13. The van der Waals surface area contributed by atoms with Gasteiger partial charge in [0, 0.05) is 38.3 Å². The van der Waals surface area contributed by atoms with E-state index < -0.39 is 29.8 Å². The van der Waals surface area contributed by atoms with E-state index in [1.165, 1.54) is 4.90 Å². The molecule has 3 aliphatic heterocycles. The third kappa shape index (κ3) is 6.07. The maximum absolute atomic E-state index is 13.7. The van der Waals surface area contributed by atoms with Crippen molar-refractivity contribution in [1.29, 1.82) is 5.26 Å². The topological polar surface area (TPSA) is 135 Å². The highest BCUT2D eigenvalue weighted by Gasteiger charge is 2.52. The summed E-state index contributed by atoms with van der Waals surface area (Å²) in [5, 5.41) is 15.0. The maximum atomic E-state index is 13.7. The van der Waals surface area contributed by atoms with Gasteiger partial charge in [0.2, 0.25) is 11.8 Å². The number of nitriles is 1. The van der Waals surface area contributed by atoms with Crippen LogP contribution in [-0.4, -0.2) is 95.0 Å². The number of alkyl carbamates (subject to hydrolysis) is 1. The van der Waals surface area contributed by atoms with Gasteiger partial charge >= 0.3 is 6.09 Å². The molecule has 6 atom stereocenters. The maximum Gasteiger partial charge on any atom is 0.408 e. The number of nitrogens with one attached hydrogen (secondary N) is 2. The van der Waals surface area contributed by atoms with Gasteiger partial charge in [-0.15, -0.1) is 0 Å². The Hall–Kier alpha value is -3.65. The zero-order chi connectivity index (χ0) is 29.4. The molecule has 0 aromatic heterocycles. The van der Waals surface area contributed by atoms with Gasteiger partial charge in [0.15, 0.2) is 0 Å². The molecule has 0 saturated carbocycles. The molecular formula is C29H40N6O5. The van der Waals surface area contributed by atoms with Crippen molar-refractivity contribution in [1.82, 2.24) is 25.3 Å². The van der Waals surface area contributed by atoms with E-state index in [9.17, 15) is 24.4 Å². The van der Waals surface area contributed by atoms with Crippen LogP contribution >= 0.6 is 0 Å². The number of carbonyl (C=O) groups is 4. The summed E-state index contributed by atoms with van der Waals surface area (Å²) in [6, 6.07) is 7.26. The van der Waals surface area contributed by atoms with Crippen LogP contribution in [0.25, 0.3) is 0 Å². The molecule has 0 aliphatic carbocycles. The molecule has 3 fully saturated rings. The monoisotopic (exact) mass is 552 g/mol. The first-order chi connectivity index (χ1) is 18.8. The van der Waals surface area contributed by atoms with Crippen LogP contribution in [-0.2, 0) is 14.3 Å². The summed E-state index contributed by atoms with van der Waals surface area (Å²) in [7, 11) is 1.58. The van der Waals surface area contributed by atoms with Crippen molar-refractivity contribution < 1.29 is 23.9 Å². The summed E-state index contributed by atoms with van der Waals surface area (Å²) in [5.41, 5.74) is 0.661. The predicted molar refractivity (Wildman–Crippen MR) is 147 cm³/mol. The molecule has 1 aromatic carbocycles. The highest BCUT2D eigenvalue weighted by molar-refractivity contribution is 5.94. The molecule has 2 bridgehead atoms.